The number of hydrogen-bond donors (Lipinski definition) is 0. The van der Waals surface area contributed by atoms with Crippen LogP contribution in [0.2, 0.25) is 0 Å². The lowest BCUT2D eigenvalue weighted by Gasteiger charge is -2.31. The number of ketones is 1. The van der Waals surface area contributed by atoms with Gasteiger partial charge in [0.05, 0.1) is 7.11 Å². The molecule has 1 saturated heterocycles. The van der Waals surface area contributed by atoms with Gasteiger partial charge >= 0.3 is 0 Å². The van der Waals surface area contributed by atoms with E-state index in [1.807, 2.05) is 48.5 Å². The molecule has 1 fully saturated rings. The van der Waals surface area contributed by atoms with Crippen LogP contribution in [0.4, 0.5) is 0 Å². The molecule has 26 heavy (non-hydrogen) atoms. The summed E-state index contributed by atoms with van der Waals surface area (Å²) in [6.45, 7) is 3.44. The van der Waals surface area contributed by atoms with Crippen molar-refractivity contribution in [2.24, 2.45) is 5.92 Å². The molecule has 0 N–H and O–H groups in total. The second-order valence-corrected chi connectivity index (χ2v) is 7.43. The summed E-state index contributed by atoms with van der Waals surface area (Å²) in [7, 11) is 1.63. The van der Waals surface area contributed by atoms with Crippen LogP contribution in [0.5, 0.6) is 11.5 Å². The third kappa shape index (κ3) is 5.08. The highest BCUT2D eigenvalue weighted by molar-refractivity contribution is 9.10. The number of halogens is 1. The minimum atomic E-state index is 0.118. The predicted octanol–water partition coefficient (Wildman–Crippen LogP) is 4.43. The maximum Gasteiger partial charge on any atom is 0.166 e. The lowest BCUT2D eigenvalue weighted by atomic mass is 9.89. The Kier molecular flexibility index (Phi) is 6.69. The maximum absolute atomic E-state index is 12.6. The molecule has 2 aromatic rings. The van der Waals surface area contributed by atoms with Crippen LogP contribution in [0.25, 0.3) is 0 Å². The van der Waals surface area contributed by atoms with Crippen LogP contribution in [-0.2, 0) is 0 Å². The third-order valence-corrected chi connectivity index (χ3v) is 5.35. The van der Waals surface area contributed by atoms with Crippen molar-refractivity contribution in [2.45, 2.75) is 12.8 Å². The molecule has 2 aromatic carbocycles. The molecule has 0 amide bonds. The first kappa shape index (κ1) is 18.9. The normalized spacial score (nSPS) is 15.6. The lowest BCUT2D eigenvalue weighted by Crippen LogP contribution is -2.38. The molecule has 1 aliphatic rings. The molecular formula is C21H24BrNO3. The van der Waals surface area contributed by atoms with E-state index in [-0.39, 0.29) is 11.7 Å². The SMILES string of the molecule is COc1ccc(C(=O)C2CCN(CCOc3ccc(Br)cc3)CC2)cc1. The van der Waals surface area contributed by atoms with E-state index >= 15 is 0 Å². The Morgan fingerprint density at radius 2 is 1.65 bits per heavy atom. The summed E-state index contributed by atoms with van der Waals surface area (Å²) >= 11 is 3.42. The molecule has 5 heteroatoms. The van der Waals surface area contributed by atoms with E-state index in [0.29, 0.717) is 6.61 Å². The zero-order valence-corrected chi connectivity index (χ0v) is 16.6. The van der Waals surface area contributed by atoms with Crippen molar-refractivity contribution in [1.82, 2.24) is 4.90 Å². The number of nitrogens with zero attached hydrogens (tertiary/aromatic N) is 1. The molecule has 4 nitrogen and oxygen atoms in total. The summed E-state index contributed by atoms with van der Waals surface area (Å²) in [6.07, 6.45) is 1.81. The van der Waals surface area contributed by atoms with Crippen LogP contribution in [0.15, 0.2) is 53.0 Å². The molecule has 0 aromatic heterocycles. The fourth-order valence-corrected chi connectivity index (χ4v) is 3.50. The van der Waals surface area contributed by atoms with Gasteiger partial charge in [-0.2, -0.15) is 0 Å². The Bertz CT molecular complexity index is 707. The number of likely N-dealkylation sites (tertiary alicyclic amines) is 1. The minimum absolute atomic E-state index is 0.118. The van der Waals surface area contributed by atoms with Crippen LogP contribution in [0, 0.1) is 5.92 Å². The number of Topliss-reactive ketones (excluding diaryl/α,β-unsaturated/α-hetero) is 1. The highest BCUT2D eigenvalue weighted by Gasteiger charge is 2.25. The zero-order chi connectivity index (χ0) is 18.4. The molecule has 0 bridgehead atoms. The Balaban J connectivity index is 1.41. The number of piperidine rings is 1. The molecule has 0 saturated carbocycles. The van der Waals surface area contributed by atoms with Crippen molar-refractivity contribution in [1.29, 1.82) is 0 Å². The van der Waals surface area contributed by atoms with Crippen molar-refractivity contribution in [3.05, 3.63) is 58.6 Å². The van der Waals surface area contributed by atoms with Crippen LogP contribution in [0.1, 0.15) is 23.2 Å². The standard InChI is InChI=1S/C21H24BrNO3/c1-25-19-6-2-16(3-7-19)21(24)17-10-12-23(13-11-17)14-15-26-20-8-4-18(22)5-9-20/h2-9,17H,10-15H2,1H3. The largest absolute Gasteiger partial charge is 0.497 e. The van der Waals surface area contributed by atoms with Crippen LogP contribution >= 0.6 is 15.9 Å². The average molecular weight is 418 g/mol. The highest BCUT2D eigenvalue weighted by atomic mass is 79.9. The van der Waals surface area contributed by atoms with Gasteiger partial charge in [-0.05, 0) is 74.5 Å². The smallest absolute Gasteiger partial charge is 0.166 e. The fraction of sp³-hybridized carbons (Fsp3) is 0.381. The molecule has 138 valence electrons. The third-order valence-electron chi connectivity index (χ3n) is 4.82. The highest BCUT2D eigenvalue weighted by Crippen LogP contribution is 2.23. The second kappa shape index (κ2) is 9.19. The van der Waals surface area contributed by atoms with Crippen molar-refractivity contribution in [3.63, 3.8) is 0 Å². The number of hydrogen-bond acceptors (Lipinski definition) is 4. The van der Waals surface area contributed by atoms with E-state index in [9.17, 15) is 4.79 Å². The lowest BCUT2D eigenvalue weighted by molar-refractivity contribution is 0.0827. The van der Waals surface area contributed by atoms with Gasteiger partial charge in [0.25, 0.3) is 0 Å². The fourth-order valence-electron chi connectivity index (χ4n) is 3.23. The van der Waals surface area contributed by atoms with Gasteiger partial charge in [-0.1, -0.05) is 15.9 Å². The molecular weight excluding hydrogens is 394 g/mol. The van der Waals surface area contributed by atoms with E-state index < -0.39 is 0 Å². The predicted molar refractivity (Wildman–Crippen MR) is 106 cm³/mol. The quantitative estimate of drug-likeness (QED) is 0.624. The Morgan fingerprint density at radius 3 is 2.27 bits per heavy atom. The van der Waals surface area contributed by atoms with Crippen molar-refractivity contribution >= 4 is 21.7 Å². The summed E-state index contributed by atoms with van der Waals surface area (Å²) in [5, 5.41) is 0. The first-order valence-electron chi connectivity index (χ1n) is 8.94. The molecule has 0 radical (unpaired) electrons. The van der Waals surface area contributed by atoms with Gasteiger partial charge in [0.15, 0.2) is 5.78 Å². The number of benzene rings is 2. The van der Waals surface area contributed by atoms with E-state index in [2.05, 4.69) is 20.8 Å². The van der Waals surface area contributed by atoms with E-state index in [1.165, 1.54) is 0 Å². The molecule has 0 spiro atoms. The average Bonchev–Trinajstić information content (AvgIpc) is 2.69. The van der Waals surface area contributed by atoms with Crippen molar-refractivity contribution in [3.8, 4) is 11.5 Å². The van der Waals surface area contributed by atoms with Gasteiger partial charge in [0.1, 0.15) is 18.1 Å². The van der Waals surface area contributed by atoms with E-state index in [0.717, 1.165) is 54.0 Å². The number of rotatable bonds is 7. The summed E-state index contributed by atoms with van der Waals surface area (Å²) in [6, 6.07) is 15.3. The van der Waals surface area contributed by atoms with Crippen LogP contribution in [0.3, 0.4) is 0 Å². The molecule has 3 rings (SSSR count). The van der Waals surface area contributed by atoms with E-state index in [4.69, 9.17) is 9.47 Å². The summed E-state index contributed by atoms with van der Waals surface area (Å²) in [5.41, 5.74) is 0.780. The molecule has 0 unspecified atom stereocenters. The Labute approximate surface area is 163 Å². The molecule has 0 aliphatic carbocycles. The van der Waals surface area contributed by atoms with Gasteiger partial charge in [-0.25, -0.2) is 0 Å². The summed E-state index contributed by atoms with van der Waals surface area (Å²) < 4.78 is 12.0. The first-order chi connectivity index (χ1) is 12.7. The van der Waals surface area contributed by atoms with Gasteiger partial charge in [-0.15, -0.1) is 0 Å². The Hall–Kier alpha value is -1.85. The first-order valence-corrected chi connectivity index (χ1v) is 9.74. The number of carbonyl (C=O) groups is 1. The van der Waals surface area contributed by atoms with Gasteiger partial charge in [0, 0.05) is 22.5 Å². The second-order valence-electron chi connectivity index (χ2n) is 6.51. The summed E-state index contributed by atoms with van der Waals surface area (Å²) in [5.74, 6) is 2.03. The number of carbonyl (C=O) groups excluding carboxylic acids is 1. The topological polar surface area (TPSA) is 38.8 Å². The van der Waals surface area contributed by atoms with Gasteiger partial charge in [0.2, 0.25) is 0 Å². The van der Waals surface area contributed by atoms with Crippen LogP contribution in [-0.4, -0.2) is 44.0 Å². The number of ether oxygens (including phenoxy) is 2. The summed E-state index contributed by atoms with van der Waals surface area (Å²) in [4.78, 5) is 15.0. The van der Waals surface area contributed by atoms with Crippen LogP contribution < -0.4 is 9.47 Å². The molecule has 1 aliphatic heterocycles. The minimum Gasteiger partial charge on any atom is -0.497 e. The monoisotopic (exact) mass is 417 g/mol. The van der Waals surface area contributed by atoms with Gasteiger partial charge in [-0.3, -0.25) is 9.69 Å². The molecule has 0 atom stereocenters. The zero-order valence-electron chi connectivity index (χ0n) is 15.0. The maximum atomic E-state index is 12.6. The van der Waals surface area contributed by atoms with Crippen molar-refractivity contribution in [2.75, 3.05) is 33.4 Å². The van der Waals surface area contributed by atoms with Gasteiger partial charge < -0.3 is 9.47 Å². The van der Waals surface area contributed by atoms with E-state index in [1.54, 1.807) is 7.11 Å². The number of methoxy groups -OCH3 is 1. The molecule has 1 heterocycles. The Morgan fingerprint density at radius 1 is 1.04 bits per heavy atom. The van der Waals surface area contributed by atoms with Crippen molar-refractivity contribution < 1.29 is 14.3 Å².